The van der Waals surface area contributed by atoms with Crippen molar-refractivity contribution in [2.45, 2.75) is 12.5 Å². The summed E-state index contributed by atoms with van der Waals surface area (Å²) in [5, 5.41) is 4.11. The van der Waals surface area contributed by atoms with Gasteiger partial charge in [-0.2, -0.15) is 11.3 Å². The molecule has 2 aromatic rings. The van der Waals surface area contributed by atoms with Crippen molar-refractivity contribution in [2.75, 3.05) is 0 Å². The van der Waals surface area contributed by atoms with Crippen LogP contribution in [0.25, 0.3) is 0 Å². The Kier molecular flexibility index (Phi) is 3.05. The lowest BCUT2D eigenvalue weighted by atomic mass is 10.1. The third kappa shape index (κ3) is 2.26. The molecule has 0 aliphatic heterocycles. The standard InChI is InChI=1S/C10H10BrNOS/c11-10-2-1-8(13-10)5-9(12)7-3-4-14-6-7/h1-4,6,9H,5,12H2. The first kappa shape index (κ1) is 9.96. The second-order valence-electron chi connectivity index (χ2n) is 3.07. The van der Waals surface area contributed by atoms with Crippen LogP contribution in [0.2, 0.25) is 0 Å². The van der Waals surface area contributed by atoms with E-state index in [9.17, 15) is 0 Å². The van der Waals surface area contributed by atoms with E-state index in [1.807, 2.05) is 23.6 Å². The van der Waals surface area contributed by atoms with Crippen LogP contribution >= 0.6 is 27.3 Å². The Labute approximate surface area is 94.9 Å². The van der Waals surface area contributed by atoms with E-state index in [4.69, 9.17) is 10.2 Å². The first-order chi connectivity index (χ1) is 6.75. The fraction of sp³-hybridized carbons (Fsp3) is 0.200. The summed E-state index contributed by atoms with van der Waals surface area (Å²) in [5.41, 5.74) is 7.18. The highest BCUT2D eigenvalue weighted by molar-refractivity contribution is 9.10. The van der Waals surface area contributed by atoms with E-state index in [2.05, 4.69) is 21.3 Å². The van der Waals surface area contributed by atoms with E-state index in [0.717, 1.165) is 16.9 Å². The largest absolute Gasteiger partial charge is 0.454 e. The van der Waals surface area contributed by atoms with Crippen LogP contribution in [-0.4, -0.2) is 0 Å². The molecular weight excluding hydrogens is 262 g/mol. The van der Waals surface area contributed by atoms with Crippen molar-refractivity contribution in [3.8, 4) is 0 Å². The summed E-state index contributed by atoms with van der Waals surface area (Å²) in [6.45, 7) is 0. The van der Waals surface area contributed by atoms with E-state index in [-0.39, 0.29) is 6.04 Å². The van der Waals surface area contributed by atoms with Gasteiger partial charge in [-0.3, -0.25) is 0 Å². The van der Waals surface area contributed by atoms with Crippen molar-refractivity contribution in [3.05, 3.63) is 45.0 Å². The summed E-state index contributed by atoms with van der Waals surface area (Å²) < 4.78 is 6.15. The van der Waals surface area contributed by atoms with Crippen LogP contribution in [-0.2, 0) is 6.42 Å². The van der Waals surface area contributed by atoms with Crippen molar-refractivity contribution in [2.24, 2.45) is 5.73 Å². The molecule has 1 unspecified atom stereocenters. The van der Waals surface area contributed by atoms with Gasteiger partial charge in [0.25, 0.3) is 0 Å². The molecule has 0 amide bonds. The molecule has 4 heteroatoms. The number of halogens is 1. The number of hydrogen-bond acceptors (Lipinski definition) is 3. The van der Waals surface area contributed by atoms with E-state index in [0.29, 0.717) is 0 Å². The number of rotatable bonds is 3. The van der Waals surface area contributed by atoms with Crippen LogP contribution in [0.15, 0.2) is 38.0 Å². The fourth-order valence-corrected chi connectivity index (χ4v) is 2.35. The zero-order chi connectivity index (χ0) is 9.97. The van der Waals surface area contributed by atoms with Crippen LogP contribution in [0.1, 0.15) is 17.4 Å². The fourth-order valence-electron chi connectivity index (χ4n) is 1.28. The minimum atomic E-state index is 0.0271. The summed E-state index contributed by atoms with van der Waals surface area (Å²) in [6, 6.07) is 5.90. The molecule has 2 aromatic heterocycles. The van der Waals surface area contributed by atoms with E-state index < -0.39 is 0 Å². The van der Waals surface area contributed by atoms with E-state index >= 15 is 0 Å². The number of thiophene rings is 1. The third-order valence-electron chi connectivity index (χ3n) is 2.02. The van der Waals surface area contributed by atoms with Crippen LogP contribution in [0.5, 0.6) is 0 Å². The molecule has 2 nitrogen and oxygen atoms in total. The van der Waals surface area contributed by atoms with Crippen LogP contribution in [0.3, 0.4) is 0 Å². The van der Waals surface area contributed by atoms with Crippen LogP contribution in [0.4, 0.5) is 0 Å². The zero-order valence-electron chi connectivity index (χ0n) is 7.44. The minimum Gasteiger partial charge on any atom is -0.454 e. The van der Waals surface area contributed by atoms with E-state index in [1.165, 1.54) is 5.56 Å². The maximum Gasteiger partial charge on any atom is 0.169 e. The molecule has 2 rings (SSSR count). The maximum absolute atomic E-state index is 6.01. The van der Waals surface area contributed by atoms with Crippen LogP contribution in [0, 0.1) is 0 Å². The molecule has 14 heavy (non-hydrogen) atoms. The molecular formula is C10H10BrNOS. The average molecular weight is 272 g/mol. The molecule has 0 radical (unpaired) electrons. The Bertz CT molecular complexity index is 396. The summed E-state index contributed by atoms with van der Waals surface area (Å²) >= 11 is 4.93. The lowest BCUT2D eigenvalue weighted by Crippen LogP contribution is -2.11. The van der Waals surface area contributed by atoms with Crippen molar-refractivity contribution >= 4 is 27.3 Å². The van der Waals surface area contributed by atoms with Crippen molar-refractivity contribution in [1.82, 2.24) is 0 Å². The summed E-state index contributed by atoms with van der Waals surface area (Å²) in [5.74, 6) is 0.913. The highest BCUT2D eigenvalue weighted by Crippen LogP contribution is 2.21. The number of nitrogens with two attached hydrogens (primary N) is 1. The van der Waals surface area contributed by atoms with Gasteiger partial charge in [0.15, 0.2) is 4.67 Å². The highest BCUT2D eigenvalue weighted by Gasteiger charge is 2.09. The van der Waals surface area contributed by atoms with Gasteiger partial charge < -0.3 is 10.2 Å². The molecule has 0 fully saturated rings. The molecule has 2 heterocycles. The Morgan fingerprint density at radius 1 is 1.43 bits per heavy atom. The molecule has 0 bridgehead atoms. The molecule has 0 saturated carbocycles. The Balaban J connectivity index is 2.05. The maximum atomic E-state index is 6.01. The first-order valence-corrected chi connectivity index (χ1v) is 6.01. The minimum absolute atomic E-state index is 0.0271. The van der Waals surface area contributed by atoms with Gasteiger partial charge in [-0.15, -0.1) is 0 Å². The number of furan rings is 1. The third-order valence-corrected chi connectivity index (χ3v) is 3.15. The second kappa shape index (κ2) is 4.29. The predicted molar refractivity (Wildman–Crippen MR) is 61.4 cm³/mol. The van der Waals surface area contributed by atoms with Crippen molar-refractivity contribution in [1.29, 1.82) is 0 Å². The average Bonchev–Trinajstić information content (AvgIpc) is 2.75. The van der Waals surface area contributed by atoms with Crippen molar-refractivity contribution < 1.29 is 4.42 Å². The zero-order valence-corrected chi connectivity index (χ0v) is 9.85. The SMILES string of the molecule is NC(Cc1ccc(Br)o1)c1ccsc1. The van der Waals surface area contributed by atoms with Gasteiger partial charge in [-0.25, -0.2) is 0 Å². The van der Waals surface area contributed by atoms with Gasteiger partial charge in [-0.05, 0) is 50.5 Å². The molecule has 0 spiro atoms. The molecule has 0 aliphatic rings. The second-order valence-corrected chi connectivity index (χ2v) is 4.63. The molecule has 2 N–H and O–H groups in total. The molecule has 0 saturated heterocycles. The topological polar surface area (TPSA) is 39.2 Å². The summed E-state index contributed by atoms with van der Waals surface area (Å²) in [6.07, 6.45) is 0.738. The Hall–Kier alpha value is -0.580. The lowest BCUT2D eigenvalue weighted by molar-refractivity contribution is 0.470. The quantitative estimate of drug-likeness (QED) is 0.930. The van der Waals surface area contributed by atoms with Gasteiger partial charge in [0.1, 0.15) is 5.76 Å². The first-order valence-electron chi connectivity index (χ1n) is 4.27. The summed E-state index contributed by atoms with van der Waals surface area (Å²) in [4.78, 5) is 0. The van der Waals surface area contributed by atoms with E-state index in [1.54, 1.807) is 11.3 Å². The van der Waals surface area contributed by atoms with Gasteiger partial charge in [0.2, 0.25) is 0 Å². The van der Waals surface area contributed by atoms with Gasteiger partial charge in [0, 0.05) is 12.5 Å². The number of hydrogen-bond donors (Lipinski definition) is 1. The van der Waals surface area contributed by atoms with Gasteiger partial charge in [-0.1, -0.05) is 0 Å². The molecule has 0 aliphatic carbocycles. The highest BCUT2D eigenvalue weighted by atomic mass is 79.9. The van der Waals surface area contributed by atoms with Gasteiger partial charge >= 0.3 is 0 Å². The monoisotopic (exact) mass is 271 g/mol. The Morgan fingerprint density at radius 3 is 2.86 bits per heavy atom. The predicted octanol–water partition coefficient (Wildman–Crippen LogP) is 3.35. The lowest BCUT2D eigenvalue weighted by Gasteiger charge is -2.06. The van der Waals surface area contributed by atoms with Gasteiger partial charge in [0.05, 0.1) is 0 Å². The molecule has 0 aromatic carbocycles. The molecule has 1 atom stereocenters. The van der Waals surface area contributed by atoms with Crippen molar-refractivity contribution in [3.63, 3.8) is 0 Å². The molecule has 74 valence electrons. The van der Waals surface area contributed by atoms with Crippen LogP contribution < -0.4 is 5.73 Å². The Morgan fingerprint density at radius 2 is 2.29 bits per heavy atom. The summed E-state index contributed by atoms with van der Waals surface area (Å²) in [7, 11) is 0. The smallest absolute Gasteiger partial charge is 0.169 e. The normalized spacial score (nSPS) is 13.0.